The van der Waals surface area contributed by atoms with E-state index in [9.17, 15) is 35.5 Å². The molecular formula is C57H54N3O10S2-. The first kappa shape index (κ1) is 49.8. The SMILES string of the molecule is CC(=O)OCCN1/C(=C/C=C2\CCC(/C=C/C3=[N+](CCOC(C)=O)c4c(ccc5cc(S(=O)(=O)[O-])ccc45)C3(C)C)=C2N(c2ccccc2)c2ccccc2)C(C)(C)c2ccc3cc(S(=O)(=O)[O-])ccc3c21. The van der Waals surface area contributed by atoms with Gasteiger partial charge in [-0.05, 0) is 115 Å². The van der Waals surface area contributed by atoms with Crippen molar-refractivity contribution in [1.82, 2.24) is 0 Å². The molecule has 2 heterocycles. The van der Waals surface area contributed by atoms with E-state index in [1.165, 1.54) is 38.1 Å². The number of anilines is 3. The molecule has 6 aromatic carbocycles. The topological polar surface area (TPSA) is 176 Å². The Morgan fingerprint density at radius 1 is 0.667 bits per heavy atom. The average Bonchev–Trinajstić information content (AvgIpc) is 3.90. The van der Waals surface area contributed by atoms with E-state index in [2.05, 4.69) is 90.6 Å². The smallest absolute Gasteiger partial charge is 0.302 e. The molecule has 0 fully saturated rings. The van der Waals surface area contributed by atoms with Crippen molar-refractivity contribution in [3.8, 4) is 0 Å². The number of carbonyl (C=O) groups is 2. The third-order valence-corrected chi connectivity index (χ3v) is 15.6. The fourth-order valence-corrected chi connectivity index (χ4v) is 11.6. The van der Waals surface area contributed by atoms with Gasteiger partial charge in [-0.25, -0.2) is 16.8 Å². The molecule has 6 aromatic rings. The molecule has 370 valence electrons. The van der Waals surface area contributed by atoms with Gasteiger partial charge in [0.15, 0.2) is 18.9 Å². The number of ether oxygens (including phenoxy) is 2. The Hall–Kier alpha value is -7.17. The van der Waals surface area contributed by atoms with Gasteiger partial charge in [0.1, 0.15) is 26.8 Å². The average molecular weight is 1010 g/mol. The number of rotatable bonds is 14. The monoisotopic (exact) mass is 1000 g/mol. The highest BCUT2D eigenvalue weighted by atomic mass is 32.2. The van der Waals surface area contributed by atoms with Gasteiger partial charge in [0, 0.05) is 53.4 Å². The molecule has 0 unspecified atom stereocenters. The second kappa shape index (κ2) is 19.1. The molecule has 72 heavy (non-hydrogen) atoms. The molecular weight excluding hydrogens is 951 g/mol. The summed E-state index contributed by atoms with van der Waals surface area (Å²) in [6, 6.07) is 36.7. The van der Waals surface area contributed by atoms with Gasteiger partial charge in [0.2, 0.25) is 5.69 Å². The molecule has 0 saturated heterocycles. The van der Waals surface area contributed by atoms with E-state index < -0.39 is 43.0 Å². The lowest BCUT2D eigenvalue weighted by molar-refractivity contribution is -0.439. The van der Waals surface area contributed by atoms with Gasteiger partial charge in [0.25, 0.3) is 0 Å². The predicted molar refractivity (Wildman–Crippen MR) is 277 cm³/mol. The van der Waals surface area contributed by atoms with E-state index in [1.807, 2.05) is 60.7 Å². The maximum absolute atomic E-state index is 12.1. The number of allylic oxidation sites excluding steroid dienone is 7. The van der Waals surface area contributed by atoms with Crippen LogP contribution in [0.2, 0.25) is 0 Å². The Balaban J connectivity index is 1.23. The molecule has 0 amide bonds. The number of para-hydroxylation sites is 2. The fourth-order valence-electron chi connectivity index (χ4n) is 10.5. The number of benzene rings is 6. The molecule has 2 aliphatic heterocycles. The summed E-state index contributed by atoms with van der Waals surface area (Å²) in [5, 5.41) is 2.69. The normalized spacial score (nSPS) is 17.4. The molecule has 0 saturated carbocycles. The number of hydrogen-bond acceptors (Lipinski definition) is 12. The minimum absolute atomic E-state index is 0.0912. The van der Waals surface area contributed by atoms with Crippen molar-refractivity contribution in [2.24, 2.45) is 0 Å². The van der Waals surface area contributed by atoms with Gasteiger partial charge in [-0.15, -0.1) is 0 Å². The van der Waals surface area contributed by atoms with Crippen molar-refractivity contribution in [2.75, 3.05) is 36.1 Å². The first-order valence-corrected chi connectivity index (χ1v) is 26.5. The summed E-state index contributed by atoms with van der Waals surface area (Å²) in [7, 11) is -9.41. The van der Waals surface area contributed by atoms with Crippen LogP contribution in [0.5, 0.6) is 0 Å². The van der Waals surface area contributed by atoms with Crippen LogP contribution in [0.15, 0.2) is 178 Å². The molecule has 15 heteroatoms. The standard InChI is InChI=1S/C57H55N3O10S2/c1-37(61)69-33-31-58-51(56(3,4)49-27-19-41-35-45(71(63,64)65)23-25-47(41)54(49)58)29-21-39-17-18-40(53(39)60(43-13-9-7-10-14-43)44-15-11-8-12-16-44)22-30-52-57(5,6)50-28-20-42-36-46(72(66,67)68)24-26-48(42)55(50)59(52)32-34-70-38(2)62/h7-16,19-30,35-36H,17-18,31-34H2,1-6H3,(H-,63,64,65,66,67,68)/p-1. The highest BCUT2D eigenvalue weighted by molar-refractivity contribution is 7.86. The number of carbonyl (C=O) groups excluding carboxylic acids is 2. The quantitative estimate of drug-likeness (QED) is 0.0574. The van der Waals surface area contributed by atoms with Crippen LogP contribution in [0.4, 0.5) is 22.7 Å². The Morgan fingerprint density at radius 3 is 1.81 bits per heavy atom. The minimum Gasteiger partial charge on any atom is -0.744 e. The van der Waals surface area contributed by atoms with Crippen LogP contribution in [0, 0.1) is 0 Å². The Morgan fingerprint density at radius 2 is 1.22 bits per heavy atom. The largest absolute Gasteiger partial charge is 0.744 e. The third-order valence-electron chi connectivity index (χ3n) is 13.9. The number of nitrogens with zero attached hydrogens (tertiary/aromatic N) is 3. The Labute approximate surface area is 420 Å². The van der Waals surface area contributed by atoms with Crippen molar-refractivity contribution in [3.05, 3.63) is 179 Å². The van der Waals surface area contributed by atoms with Gasteiger partial charge in [0.05, 0.1) is 38.5 Å². The maximum Gasteiger partial charge on any atom is 0.302 e. The van der Waals surface area contributed by atoms with Crippen LogP contribution in [0.1, 0.15) is 65.5 Å². The van der Waals surface area contributed by atoms with Crippen molar-refractivity contribution in [3.63, 3.8) is 0 Å². The second-order valence-corrected chi connectivity index (χ2v) is 21.9. The van der Waals surface area contributed by atoms with Gasteiger partial charge < -0.3 is 28.4 Å². The molecule has 0 aromatic heterocycles. The van der Waals surface area contributed by atoms with E-state index in [0.717, 1.165) is 72.9 Å². The van der Waals surface area contributed by atoms with E-state index in [4.69, 9.17) is 9.47 Å². The lowest BCUT2D eigenvalue weighted by Crippen LogP contribution is -2.29. The van der Waals surface area contributed by atoms with Crippen LogP contribution in [-0.2, 0) is 50.1 Å². The van der Waals surface area contributed by atoms with E-state index >= 15 is 0 Å². The number of hydrogen-bond donors (Lipinski definition) is 0. The molecule has 0 atom stereocenters. The summed E-state index contributed by atoms with van der Waals surface area (Å²) in [4.78, 5) is 27.9. The third kappa shape index (κ3) is 9.40. The summed E-state index contributed by atoms with van der Waals surface area (Å²) in [5.41, 5.74) is 9.33. The van der Waals surface area contributed by atoms with Crippen LogP contribution < -0.4 is 9.80 Å². The van der Waals surface area contributed by atoms with Crippen LogP contribution in [0.3, 0.4) is 0 Å². The molecule has 0 N–H and O–H groups in total. The summed E-state index contributed by atoms with van der Waals surface area (Å²) >= 11 is 0. The zero-order valence-corrected chi connectivity index (χ0v) is 42.5. The van der Waals surface area contributed by atoms with Crippen molar-refractivity contribution in [2.45, 2.75) is 75.0 Å². The molecule has 0 spiro atoms. The molecule has 0 bridgehead atoms. The highest BCUT2D eigenvalue weighted by Crippen LogP contribution is 2.52. The minimum atomic E-state index is -4.70. The highest BCUT2D eigenvalue weighted by Gasteiger charge is 2.46. The van der Waals surface area contributed by atoms with Crippen molar-refractivity contribution < 1.29 is 49.6 Å². The van der Waals surface area contributed by atoms with Gasteiger partial charge in [-0.3, -0.25) is 9.59 Å². The van der Waals surface area contributed by atoms with Gasteiger partial charge >= 0.3 is 11.9 Å². The summed E-state index contributed by atoms with van der Waals surface area (Å²) in [6.07, 6.45) is 9.94. The van der Waals surface area contributed by atoms with Crippen molar-refractivity contribution in [1.29, 1.82) is 0 Å². The number of fused-ring (bicyclic) bond motifs is 6. The Bertz CT molecular complexity index is 3560. The first-order chi connectivity index (χ1) is 34.2. The van der Waals surface area contributed by atoms with Crippen LogP contribution in [-0.4, -0.2) is 74.5 Å². The lowest BCUT2D eigenvalue weighted by atomic mass is 9.80. The van der Waals surface area contributed by atoms with Gasteiger partial charge in [-0.1, -0.05) is 92.7 Å². The molecule has 3 aliphatic rings. The molecule has 9 rings (SSSR count). The summed E-state index contributed by atoms with van der Waals surface area (Å²) in [6.45, 7) is 12.0. The maximum atomic E-state index is 12.1. The van der Waals surface area contributed by atoms with Crippen molar-refractivity contribution >= 4 is 82.2 Å². The fraction of sp³-hybridized carbons (Fsp3) is 0.246. The lowest BCUT2D eigenvalue weighted by Gasteiger charge is -2.29. The summed E-state index contributed by atoms with van der Waals surface area (Å²) < 4.78 is 85.6. The van der Waals surface area contributed by atoms with Crippen LogP contribution in [0.25, 0.3) is 21.5 Å². The Kier molecular flexibility index (Phi) is 13.2. The number of esters is 2. The van der Waals surface area contributed by atoms with E-state index in [-0.39, 0.29) is 23.0 Å². The first-order valence-electron chi connectivity index (χ1n) is 23.6. The predicted octanol–water partition coefficient (Wildman–Crippen LogP) is 10.4. The summed E-state index contributed by atoms with van der Waals surface area (Å²) in [5.74, 6) is -0.826. The van der Waals surface area contributed by atoms with E-state index in [0.29, 0.717) is 36.7 Å². The second-order valence-electron chi connectivity index (χ2n) is 19.2. The molecule has 0 radical (unpaired) electrons. The molecule has 1 aliphatic carbocycles. The molecule has 13 nitrogen and oxygen atoms in total. The van der Waals surface area contributed by atoms with E-state index in [1.54, 1.807) is 12.1 Å². The zero-order valence-electron chi connectivity index (χ0n) is 40.8. The van der Waals surface area contributed by atoms with Crippen LogP contribution >= 0.6 is 0 Å². The van der Waals surface area contributed by atoms with Gasteiger partial charge in [-0.2, -0.15) is 4.58 Å². The zero-order chi connectivity index (χ0) is 51.3.